The van der Waals surface area contributed by atoms with Crippen molar-refractivity contribution in [1.82, 2.24) is 0 Å². The second-order valence-corrected chi connectivity index (χ2v) is 2.66. The average molecular weight is 203 g/mol. The van der Waals surface area contributed by atoms with E-state index in [9.17, 15) is 0 Å². The molecule has 0 saturated carbocycles. The molecule has 56 valence electrons. The smallest absolute Gasteiger partial charge is 0.115 e. The lowest BCUT2D eigenvalue weighted by atomic mass is 10.2. The molecule has 0 aliphatic heterocycles. The van der Waals surface area contributed by atoms with Gasteiger partial charge in [0, 0.05) is 10.1 Å². The monoisotopic (exact) mass is 202 g/mol. The number of ether oxygens (including phenoxy) is 1. The summed E-state index contributed by atoms with van der Waals surface area (Å²) in [6.07, 6.45) is 1.71. The third kappa shape index (κ3) is 2.40. The first-order chi connectivity index (χ1) is 4.63. The topological polar surface area (TPSA) is 9.23 Å². The van der Waals surface area contributed by atoms with Gasteiger partial charge in [-0.1, -0.05) is 35.2 Å². The van der Waals surface area contributed by atoms with Gasteiger partial charge in [0.1, 0.15) is 5.76 Å². The molecule has 0 aromatic heterocycles. The van der Waals surface area contributed by atoms with Crippen LogP contribution in [0.25, 0.3) is 0 Å². The Hall–Kier alpha value is -0.500. The summed E-state index contributed by atoms with van der Waals surface area (Å²) in [5, 5.41) is 0. The molecule has 0 aliphatic carbocycles. The van der Waals surface area contributed by atoms with Crippen molar-refractivity contribution in [3.63, 3.8) is 0 Å². The van der Waals surface area contributed by atoms with Crippen molar-refractivity contribution in [2.75, 3.05) is 7.11 Å². The average Bonchev–Trinajstić information content (AvgIpc) is 2.00. The van der Waals surface area contributed by atoms with Gasteiger partial charge in [0.25, 0.3) is 0 Å². The van der Waals surface area contributed by atoms with Crippen LogP contribution >= 0.6 is 15.9 Å². The van der Waals surface area contributed by atoms with Crippen molar-refractivity contribution in [1.29, 1.82) is 0 Å². The lowest BCUT2D eigenvalue weighted by Crippen LogP contribution is -1.87. The van der Waals surface area contributed by atoms with E-state index >= 15 is 0 Å². The Kier molecular flexibility index (Phi) is 4.12. The molecule has 0 aromatic carbocycles. The van der Waals surface area contributed by atoms with Gasteiger partial charge in [0.2, 0.25) is 0 Å². The first-order valence-electron chi connectivity index (χ1n) is 2.85. The summed E-state index contributed by atoms with van der Waals surface area (Å²) in [6.45, 7) is 9.20. The van der Waals surface area contributed by atoms with E-state index in [1.54, 1.807) is 13.2 Å². The molecule has 0 rings (SSSR count). The molecule has 0 aromatic rings. The lowest BCUT2D eigenvalue weighted by molar-refractivity contribution is 0.302. The maximum Gasteiger partial charge on any atom is 0.115 e. The highest BCUT2D eigenvalue weighted by atomic mass is 79.9. The summed E-state index contributed by atoms with van der Waals surface area (Å²) < 4.78 is 5.82. The number of rotatable bonds is 3. The van der Waals surface area contributed by atoms with Gasteiger partial charge in [-0.05, 0) is 6.92 Å². The van der Waals surface area contributed by atoms with Crippen LogP contribution in [0.2, 0.25) is 0 Å². The van der Waals surface area contributed by atoms with Crippen LogP contribution in [0.15, 0.2) is 35.0 Å². The number of methoxy groups -OCH3 is 1. The molecule has 0 fully saturated rings. The minimum absolute atomic E-state index is 0.659. The Morgan fingerprint density at radius 1 is 1.60 bits per heavy atom. The van der Waals surface area contributed by atoms with Crippen molar-refractivity contribution in [2.45, 2.75) is 6.92 Å². The standard InChI is InChI=1S/C8H11BrO/c1-5-8(9)6(2)7(3)10-4/h5H,1,3H2,2,4H3/b8-6+. The third-order valence-corrected chi connectivity index (χ3v) is 2.12. The van der Waals surface area contributed by atoms with Crippen LogP contribution in [0.1, 0.15) is 6.92 Å². The molecule has 1 nitrogen and oxygen atoms in total. The summed E-state index contributed by atoms with van der Waals surface area (Å²) >= 11 is 3.30. The van der Waals surface area contributed by atoms with Gasteiger partial charge in [0.05, 0.1) is 7.11 Å². The van der Waals surface area contributed by atoms with Gasteiger partial charge in [0.15, 0.2) is 0 Å². The van der Waals surface area contributed by atoms with E-state index in [4.69, 9.17) is 4.74 Å². The van der Waals surface area contributed by atoms with Crippen molar-refractivity contribution in [2.24, 2.45) is 0 Å². The SMILES string of the molecule is C=C/C(Br)=C(/C)C(=C)OC. The van der Waals surface area contributed by atoms with Crippen LogP contribution < -0.4 is 0 Å². The number of hydrogen-bond acceptors (Lipinski definition) is 1. The van der Waals surface area contributed by atoms with E-state index < -0.39 is 0 Å². The largest absolute Gasteiger partial charge is 0.497 e. The van der Waals surface area contributed by atoms with Crippen molar-refractivity contribution in [3.8, 4) is 0 Å². The zero-order valence-electron chi connectivity index (χ0n) is 6.28. The predicted molar refractivity (Wildman–Crippen MR) is 48.0 cm³/mol. The molecule has 0 unspecified atom stereocenters. The van der Waals surface area contributed by atoms with Crippen LogP contribution in [-0.4, -0.2) is 7.11 Å². The predicted octanol–water partition coefficient (Wildman–Crippen LogP) is 3.00. The Morgan fingerprint density at radius 2 is 2.10 bits per heavy atom. The Morgan fingerprint density at radius 3 is 2.40 bits per heavy atom. The van der Waals surface area contributed by atoms with Gasteiger partial charge in [-0.15, -0.1) is 0 Å². The zero-order valence-corrected chi connectivity index (χ0v) is 7.86. The molecule has 0 aliphatic rings. The Labute approximate surface area is 70.2 Å². The molecule has 2 heteroatoms. The van der Waals surface area contributed by atoms with E-state index in [2.05, 4.69) is 29.1 Å². The quantitative estimate of drug-likeness (QED) is 0.506. The molecule has 0 bridgehead atoms. The summed E-state index contributed by atoms with van der Waals surface area (Å²) in [7, 11) is 1.59. The zero-order chi connectivity index (χ0) is 8.15. The van der Waals surface area contributed by atoms with E-state index in [0.717, 1.165) is 10.1 Å². The van der Waals surface area contributed by atoms with E-state index in [1.807, 2.05) is 6.92 Å². The molecule has 0 amide bonds. The van der Waals surface area contributed by atoms with Gasteiger partial charge >= 0.3 is 0 Å². The second kappa shape index (κ2) is 4.34. The minimum atomic E-state index is 0.659. The van der Waals surface area contributed by atoms with Crippen LogP contribution in [0, 0.1) is 0 Å². The van der Waals surface area contributed by atoms with Crippen LogP contribution in [0.4, 0.5) is 0 Å². The van der Waals surface area contributed by atoms with Gasteiger partial charge in [-0.25, -0.2) is 0 Å². The molecule has 0 N–H and O–H groups in total. The van der Waals surface area contributed by atoms with Crippen LogP contribution in [0.3, 0.4) is 0 Å². The number of allylic oxidation sites excluding steroid dienone is 3. The molecule has 0 heterocycles. The molecular formula is C8H11BrO. The summed E-state index contributed by atoms with van der Waals surface area (Å²) in [5.41, 5.74) is 0.970. The first kappa shape index (κ1) is 9.50. The van der Waals surface area contributed by atoms with E-state index in [-0.39, 0.29) is 0 Å². The summed E-state index contributed by atoms with van der Waals surface area (Å²) in [5.74, 6) is 0.659. The first-order valence-corrected chi connectivity index (χ1v) is 3.64. The third-order valence-electron chi connectivity index (χ3n) is 1.20. The molecule has 0 radical (unpaired) electrons. The van der Waals surface area contributed by atoms with Gasteiger partial charge in [-0.3, -0.25) is 0 Å². The maximum atomic E-state index is 4.90. The number of halogens is 1. The highest BCUT2D eigenvalue weighted by molar-refractivity contribution is 9.11. The maximum absolute atomic E-state index is 4.90. The van der Waals surface area contributed by atoms with Crippen molar-refractivity contribution in [3.05, 3.63) is 35.0 Å². The van der Waals surface area contributed by atoms with Crippen LogP contribution in [-0.2, 0) is 4.74 Å². The fourth-order valence-electron chi connectivity index (χ4n) is 0.439. The highest BCUT2D eigenvalue weighted by Gasteiger charge is 1.98. The van der Waals surface area contributed by atoms with Crippen LogP contribution in [0.5, 0.6) is 0 Å². The summed E-state index contributed by atoms with van der Waals surface area (Å²) in [6, 6.07) is 0. The van der Waals surface area contributed by atoms with Gasteiger partial charge < -0.3 is 4.74 Å². The summed E-state index contributed by atoms with van der Waals surface area (Å²) in [4.78, 5) is 0. The molecule has 0 spiro atoms. The molecular weight excluding hydrogens is 192 g/mol. The fraction of sp³-hybridized carbons (Fsp3) is 0.250. The van der Waals surface area contributed by atoms with E-state index in [0.29, 0.717) is 5.76 Å². The molecule has 0 saturated heterocycles. The lowest BCUT2D eigenvalue weighted by Gasteiger charge is -2.04. The highest BCUT2D eigenvalue weighted by Crippen LogP contribution is 2.18. The number of hydrogen-bond donors (Lipinski definition) is 0. The van der Waals surface area contributed by atoms with E-state index in [1.165, 1.54) is 0 Å². The Bertz CT molecular complexity index is 180. The van der Waals surface area contributed by atoms with Crippen molar-refractivity contribution >= 4 is 15.9 Å². The normalized spacial score (nSPS) is 11.9. The minimum Gasteiger partial charge on any atom is -0.497 e. The van der Waals surface area contributed by atoms with Crippen molar-refractivity contribution < 1.29 is 4.74 Å². The Balaban J connectivity index is 4.45. The fourth-order valence-corrected chi connectivity index (χ4v) is 0.660. The molecule has 0 atom stereocenters. The second-order valence-electron chi connectivity index (χ2n) is 1.80. The van der Waals surface area contributed by atoms with Gasteiger partial charge in [-0.2, -0.15) is 0 Å². The molecule has 10 heavy (non-hydrogen) atoms.